The van der Waals surface area contributed by atoms with Gasteiger partial charge in [0.15, 0.2) is 0 Å². The number of pyridine rings is 3. The lowest BCUT2D eigenvalue weighted by Gasteiger charge is -2.10. The van der Waals surface area contributed by atoms with E-state index in [2.05, 4.69) is 30.0 Å². The number of aromatic amines is 1. The summed E-state index contributed by atoms with van der Waals surface area (Å²) in [5.74, 6) is 0.548. The van der Waals surface area contributed by atoms with Gasteiger partial charge in [0.2, 0.25) is 10.0 Å². The predicted octanol–water partition coefficient (Wildman–Crippen LogP) is 3.06. The van der Waals surface area contributed by atoms with Crippen molar-refractivity contribution >= 4 is 38.5 Å². The van der Waals surface area contributed by atoms with Gasteiger partial charge in [0.05, 0.1) is 0 Å². The molecule has 4 aromatic rings. The molecule has 0 radical (unpaired) electrons. The molecule has 0 aliphatic heterocycles. The number of halogens is 1. The fourth-order valence-electron chi connectivity index (χ4n) is 2.90. The van der Waals surface area contributed by atoms with Gasteiger partial charge in [-0.15, -0.1) is 0 Å². The summed E-state index contributed by atoms with van der Waals surface area (Å²) in [4.78, 5) is 15.6. The van der Waals surface area contributed by atoms with E-state index in [0.717, 1.165) is 22.2 Å². The molecule has 4 heterocycles. The zero-order valence-electron chi connectivity index (χ0n) is 15.1. The number of nitrogens with zero attached hydrogens (tertiary/aromatic N) is 3. The van der Waals surface area contributed by atoms with Crippen LogP contribution in [0.4, 0.5) is 5.82 Å². The molecule has 3 N–H and O–H groups in total. The second-order valence-electron chi connectivity index (χ2n) is 6.18. The lowest BCUT2D eigenvalue weighted by molar-refractivity contribution is 0.582. The van der Waals surface area contributed by atoms with Gasteiger partial charge in [-0.3, -0.25) is 4.98 Å². The van der Waals surface area contributed by atoms with E-state index in [4.69, 9.17) is 11.6 Å². The summed E-state index contributed by atoms with van der Waals surface area (Å²) in [5.41, 5.74) is 2.62. The van der Waals surface area contributed by atoms with Crippen LogP contribution in [-0.4, -0.2) is 41.4 Å². The molecule has 4 rings (SSSR count). The van der Waals surface area contributed by atoms with Gasteiger partial charge < -0.3 is 10.3 Å². The van der Waals surface area contributed by atoms with Gasteiger partial charge in [-0.25, -0.2) is 23.1 Å². The van der Waals surface area contributed by atoms with Crippen molar-refractivity contribution in [2.45, 2.75) is 4.90 Å². The first-order chi connectivity index (χ1) is 14.0. The molecule has 0 aromatic carbocycles. The zero-order chi connectivity index (χ0) is 20.3. The molecule has 0 aliphatic carbocycles. The Balaban J connectivity index is 1.45. The van der Waals surface area contributed by atoms with Gasteiger partial charge >= 0.3 is 0 Å². The van der Waals surface area contributed by atoms with Crippen LogP contribution in [0.1, 0.15) is 0 Å². The highest BCUT2D eigenvalue weighted by Gasteiger charge is 2.13. The first kappa shape index (κ1) is 19.3. The summed E-state index contributed by atoms with van der Waals surface area (Å²) in [6, 6.07) is 10.5. The van der Waals surface area contributed by atoms with Gasteiger partial charge in [0.1, 0.15) is 21.5 Å². The first-order valence-corrected chi connectivity index (χ1v) is 10.6. The fourth-order valence-corrected chi connectivity index (χ4v) is 4.11. The molecule has 0 unspecified atom stereocenters. The third kappa shape index (κ3) is 4.37. The van der Waals surface area contributed by atoms with Crippen LogP contribution in [-0.2, 0) is 10.0 Å². The monoisotopic (exact) mass is 428 g/mol. The molecule has 0 amide bonds. The van der Waals surface area contributed by atoms with Crippen molar-refractivity contribution in [1.82, 2.24) is 24.7 Å². The van der Waals surface area contributed by atoms with Crippen molar-refractivity contribution in [2.24, 2.45) is 0 Å². The quantitative estimate of drug-likeness (QED) is 0.308. The number of hydrogen-bond donors (Lipinski definition) is 3. The highest BCUT2D eigenvalue weighted by atomic mass is 35.5. The van der Waals surface area contributed by atoms with Crippen molar-refractivity contribution in [1.29, 1.82) is 0 Å². The minimum Gasteiger partial charge on any atom is -0.369 e. The maximum Gasteiger partial charge on any atom is 0.242 e. The van der Waals surface area contributed by atoms with E-state index in [9.17, 15) is 8.42 Å². The molecule has 0 aliphatic rings. The average molecular weight is 429 g/mol. The van der Waals surface area contributed by atoms with E-state index in [1.807, 2.05) is 24.4 Å². The SMILES string of the molecule is O=S(=O)(NCCNc1cc(-c2c[nH]c3ncccc23)cc(Cl)n1)c1cccnc1. The maximum atomic E-state index is 12.2. The van der Waals surface area contributed by atoms with Gasteiger partial charge in [0.25, 0.3) is 0 Å². The van der Waals surface area contributed by atoms with Crippen LogP contribution in [0.3, 0.4) is 0 Å². The van der Waals surface area contributed by atoms with Crippen molar-refractivity contribution < 1.29 is 8.42 Å². The topological polar surface area (TPSA) is 113 Å². The van der Waals surface area contributed by atoms with E-state index < -0.39 is 10.0 Å². The van der Waals surface area contributed by atoms with Gasteiger partial charge in [-0.05, 0) is 42.0 Å². The van der Waals surface area contributed by atoms with Crippen LogP contribution in [0.25, 0.3) is 22.2 Å². The van der Waals surface area contributed by atoms with Crippen molar-refractivity contribution in [3.8, 4) is 11.1 Å². The van der Waals surface area contributed by atoms with E-state index in [0.29, 0.717) is 17.5 Å². The predicted molar refractivity (Wildman–Crippen MR) is 112 cm³/mol. The Morgan fingerprint density at radius 2 is 1.97 bits per heavy atom. The molecule has 0 bridgehead atoms. The third-order valence-corrected chi connectivity index (χ3v) is 5.86. The van der Waals surface area contributed by atoms with Crippen LogP contribution >= 0.6 is 11.6 Å². The Bertz CT molecular complexity index is 1240. The summed E-state index contributed by atoms with van der Waals surface area (Å²) >= 11 is 6.19. The molecule has 10 heteroatoms. The normalized spacial score (nSPS) is 11.6. The zero-order valence-corrected chi connectivity index (χ0v) is 16.7. The Kier molecular flexibility index (Phi) is 5.43. The Morgan fingerprint density at radius 1 is 1.10 bits per heavy atom. The molecule has 8 nitrogen and oxygen atoms in total. The molecule has 0 fully saturated rings. The lowest BCUT2D eigenvalue weighted by Crippen LogP contribution is -2.29. The number of hydrogen-bond acceptors (Lipinski definition) is 6. The highest BCUT2D eigenvalue weighted by molar-refractivity contribution is 7.89. The van der Waals surface area contributed by atoms with Gasteiger partial charge in [-0.2, -0.15) is 0 Å². The first-order valence-electron chi connectivity index (χ1n) is 8.76. The average Bonchev–Trinajstić information content (AvgIpc) is 3.16. The number of rotatable bonds is 7. The molecule has 29 heavy (non-hydrogen) atoms. The third-order valence-electron chi connectivity index (χ3n) is 4.22. The van der Waals surface area contributed by atoms with Crippen LogP contribution in [0.5, 0.6) is 0 Å². The molecule has 0 spiro atoms. The summed E-state index contributed by atoms with van der Waals surface area (Å²) in [6.45, 7) is 0.513. The van der Waals surface area contributed by atoms with Crippen LogP contribution in [0, 0.1) is 0 Å². The van der Waals surface area contributed by atoms with E-state index in [1.54, 1.807) is 18.3 Å². The largest absolute Gasteiger partial charge is 0.369 e. The Hall–Kier alpha value is -3.01. The van der Waals surface area contributed by atoms with Crippen LogP contribution < -0.4 is 10.0 Å². The van der Waals surface area contributed by atoms with E-state index in [1.165, 1.54) is 18.5 Å². The van der Waals surface area contributed by atoms with Crippen LogP contribution in [0.2, 0.25) is 5.15 Å². The smallest absolute Gasteiger partial charge is 0.242 e. The maximum absolute atomic E-state index is 12.2. The molecule has 0 saturated carbocycles. The lowest BCUT2D eigenvalue weighted by atomic mass is 10.1. The van der Waals surface area contributed by atoms with E-state index >= 15 is 0 Å². The fraction of sp³-hybridized carbons (Fsp3) is 0.105. The molecular formula is C19H17ClN6O2S. The molecule has 148 valence electrons. The van der Waals surface area contributed by atoms with Gasteiger partial charge in [-0.1, -0.05) is 11.6 Å². The molecular weight excluding hydrogens is 412 g/mol. The minimum absolute atomic E-state index is 0.121. The summed E-state index contributed by atoms with van der Waals surface area (Å²) in [5, 5.41) is 4.41. The second kappa shape index (κ2) is 8.16. The van der Waals surface area contributed by atoms with Crippen LogP contribution in [0.15, 0.2) is 66.1 Å². The van der Waals surface area contributed by atoms with E-state index in [-0.39, 0.29) is 11.4 Å². The number of H-pyrrole nitrogens is 1. The number of aromatic nitrogens is 4. The Labute approximate surface area is 172 Å². The van der Waals surface area contributed by atoms with Crippen molar-refractivity contribution in [3.63, 3.8) is 0 Å². The standard InChI is InChI=1S/C19H17ClN6O2S/c20-17-9-13(16-12-24-19-15(16)4-2-6-23-19)10-18(26-17)22-7-8-25-29(27,28)14-3-1-5-21-11-14/h1-6,9-12,25H,7-8H2,(H,22,26)(H,23,24). The number of sulfonamides is 1. The number of anilines is 1. The minimum atomic E-state index is -3.60. The molecule has 4 aromatic heterocycles. The van der Waals surface area contributed by atoms with Crippen molar-refractivity contribution in [2.75, 3.05) is 18.4 Å². The molecule has 0 saturated heterocycles. The Morgan fingerprint density at radius 3 is 2.79 bits per heavy atom. The molecule has 0 atom stereocenters. The summed E-state index contributed by atoms with van der Waals surface area (Å²) in [6.07, 6.45) is 6.42. The second-order valence-corrected chi connectivity index (χ2v) is 8.33. The van der Waals surface area contributed by atoms with Gasteiger partial charge in [0, 0.05) is 48.8 Å². The summed E-state index contributed by atoms with van der Waals surface area (Å²) in [7, 11) is -3.60. The van der Waals surface area contributed by atoms with Crippen molar-refractivity contribution in [3.05, 3.63) is 66.3 Å². The number of nitrogens with one attached hydrogen (secondary N) is 3. The number of fused-ring (bicyclic) bond motifs is 1. The summed E-state index contributed by atoms with van der Waals surface area (Å²) < 4.78 is 26.9. The highest BCUT2D eigenvalue weighted by Crippen LogP contribution is 2.30.